The highest BCUT2D eigenvalue weighted by Gasteiger charge is 2.19. The number of hydrogen-bond acceptors (Lipinski definition) is 6. The second kappa shape index (κ2) is 6.56. The maximum absolute atomic E-state index is 12.7. The van der Waals surface area contributed by atoms with Gasteiger partial charge in [-0.05, 0) is 13.0 Å². The van der Waals surface area contributed by atoms with Crippen LogP contribution in [0.4, 0.5) is 5.69 Å². The minimum absolute atomic E-state index is 0.273. The number of pyridine rings is 1. The number of ether oxygens (including phenoxy) is 1. The Hall–Kier alpha value is -3.68. The highest BCUT2D eigenvalue weighted by Crippen LogP contribution is 2.30. The third kappa shape index (κ3) is 2.91. The summed E-state index contributed by atoms with van der Waals surface area (Å²) in [7, 11) is 1.79. The summed E-state index contributed by atoms with van der Waals surface area (Å²) in [5.74, 6) is 0.695. The molecule has 1 aromatic carbocycles. The second-order valence-electron chi connectivity index (χ2n) is 6.00. The van der Waals surface area contributed by atoms with Crippen LogP contribution >= 0.6 is 0 Å². The Balaban J connectivity index is 2.00. The lowest BCUT2D eigenvalue weighted by Gasteiger charge is -2.09. The Bertz CT molecular complexity index is 1180. The van der Waals surface area contributed by atoms with Crippen LogP contribution in [0.25, 0.3) is 33.7 Å². The van der Waals surface area contributed by atoms with Crippen molar-refractivity contribution in [2.24, 2.45) is 7.05 Å². The zero-order valence-electron chi connectivity index (χ0n) is 14.9. The van der Waals surface area contributed by atoms with Gasteiger partial charge in [0.15, 0.2) is 5.52 Å². The van der Waals surface area contributed by atoms with Crippen molar-refractivity contribution in [3.8, 4) is 28.5 Å². The average Bonchev–Trinajstić information content (AvgIpc) is 3.00. The Morgan fingerprint density at radius 1 is 1.22 bits per heavy atom. The van der Waals surface area contributed by atoms with Gasteiger partial charge in [0.2, 0.25) is 5.88 Å². The fourth-order valence-corrected chi connectivity index (χ4v) is 3.02. The van der Waals surface area contributed by atoms with Crippen LogP contribution in [0.3, 0.4) is 0 Å². The van der Waals surface area contributed by atoms with Gasteiger partial charge >= 0.3 is 0 Å². The van der Waals surface area contributed by atoms with E-state index in [1.807, 2.05) is 37.3 Å². The quantitative estimate of drug-likeness (QED) is 0.576. The van der Waals surface area contributed by atoms with Crippen molar-refractivity contribution in [1.29, 1.82) is 0 Å². The molecule has 4 aromatic rings. The molecule has 3 heterocycles. The number of anilines is 1. The molecule has 0 saturated carbocycles. The number of nitrogens with one attached hydrogen (secondary N) is 1. The first-order chi connectivity index (χ1) is 13.1. The molecule has 0 amide bonds. The molecule has 8 heteroatoms. The highest BCUT2D eigenvalue weighted by atomic mass is 16.5. The van der Waals surface area contributed by atoms with Crippen LogP contribution in [0, 0.1) is 0 Å². The van der Waals surface area contributed by atoms with Gasteiger partial charge in [0.25, 0.3) is 5.56 Å². The van der Waals surface area contributed by atoms with Crippen molar-refractivity contribution in [3.63, 3.8) is 0 Å². The van der Waals surface area contributed by atoms with E-state index in [1.165, 1.54) is 6.20 Å². The summed E-state index contributed by atoms with van der Waals surface area (Å²) >= 11 is 0. The number of aryl methyl sites for hydroxylation is 1. The highest BCUT2D eigenvalue weighted by molar-refractivity contribution is 5.90. The number of nitrogen functional groups attached to an aromatic ring is 1. The van der Waals surface area contributed by atoms with Gasteiger partial charge in [-0.15, -0.1) is 0 Å². The summed E-state index contributed by atoms with van der Waals surface area (Å²) in [4.78, 5) is 24.3. The molecule has 0 radical (unpaired) electrons. The predicted octanol–water partition coefficient (Wildman–Crippen LogP) is 2.37. The van der Waals surface area contributed by atoms with Crippen molar-refractivity contribution >= 4 is 16.7 Å². The minimum atomic E-state index is -0.336. The maximum Gasteiger partial charge on any atom is 0.279 e. The summed E-state index contributed by atoms with van der Waals surface area (Å²) < 4.78 is 7.23. The molecule has 0 atom stereocenters. The van der Waals surface area contributed by atoms with E-state index in [-0.39, 0.29) is 11.1 Å². The first-order valence-electron chi connectivity index (χ1n) is 8.49. The molecule has 0 fully saturated rings. The summed E-state index contributed by atoms with van der Waals surface area (Å²) in [5, 5.41) is 4.34. The minimum Gasteiger partial charge on any atom is -0.477 e. The van der Waals surface area contributed by atoms with Crippen LogP contribution in [0.2, 0.25) is 0 Å². The molecule has 0 aliphatic carbocycles. The Labute approximate surface area is 154 Å². The molecule has 27 heavy (non-hydrogen) atoms. The van der Waals surface area contributed by atoms with Gasteiger partial charge in [-0.1, -0.05) is 30.3 Å². The average molecular weight is 362 g/mol. The van der Waals surface area contributed by atoms with E-state index < -0.39 is 0 Å². The van der Waals surface area contributed by atoms with Crippen LogP contribution < -0.4 is 16.0 Å². The fourth-order valence-electron chi connectivity index (χ4n) is 3.02. The van der Waals surface area contributed by atoms with Gasteiger partial charge in [0.05, 0.1) is 29.7 Å². The molecule has 0 aliphatic rings. The molecular weight excluding hydrogens is 344 g/mol. The third-order valence-corrected chi connectivity index (χ3v) is 4.15. The predicted molar refractivity (Wildman–Crippen MR) is 103 cm³/mol. The lowest BCUT2D eigenvalue weighted by Crippen LogP contribution is -2.10. The largest absolute Gasteiger partial charge is 0.477 e. The monoisotopic (exact) mass is 362 g/mol. The zero-order chi connectivity index (χ0) is 19.0. The fraction of sp³-hybridized carbons (Fsp3) is 0.158. The summed E-state index contributed by atoms with van der Waals surface area (Å²) in [5.41, 5.74) is 8.98. The number of rotatable bonds is 4. The number of aromatic nitrogens is 5. The Morgan fingerprint density at radius 2 is 2.00 bits per heavy atom. The third-order valence-electron chi connectivity index (χ3n) is 4.15. The molecule has 0 aliphatic heterocycles. The van der Waals surface area contributed by atoms with Gasteiger partial charge in [-0.3, -0.25) is 9.48 Å². The van der Waals surface area contributed by atoms with Crippen LogP contribution in [0.15, 0.2) is 47.4 Å². The topological polar surface area (TPSA) is 112 Å². The molecule has 0 bridgehead atoms. The van der Waals surface area contributed by atoms with Gasteiger partial charge in [0, 0.05) is 12.6 Å². The first kappa shape index (κ1) is 16.8. The van der Waals surface area contributed by atoms with Gasteiger partial charge < -0.3 is 15.5 Å². The molecule has 0 spiro atoms. The molecule has 0 saturated heterocycles. The normalized spacial score (nSPS) is 11.0. The zero-order valence-corrected chi connectivity index (χ0v) is 14.9. The summed E-state index contributed by atoms with van der Waals surface area (Å²) in [6.45, 7) is 2.29. The van der Waals surface area contributed by atoms with Crippen LogP contribution in [-0.2, 0) is 7.05 Å². The number of benzene rings is 1. The van der Waals surface area contributed by atoms with Crippen molar-refractivity contribution in [1.82, 2.24) is 24.7 Å². The van der Waals surface area contributed by atoms with Crippen molar-refractivity contribution in [2.45, 2.75) is 6.92 Å². The number of H-pyrrole nitrogens is 1. The number of fused-ring (bicyclic) bond motifs is 1. The van der Waals surface area contributed by atoms with E-state index in [1.54, 1.807) is 17.8 Å². The maximum atomic E-state index is 12.7. The van der Waals surface area contributed by atoms with E-state index in [4.69, 9.17) is 10.5 Å². The van der Waals surface area contributed by atoms with Crippen molar-refractivity contribution in [3.05, 3.63) is 52.9 Å². The lowest BCUT2D eigenvalue weighted by molar-refractivity contribution is 0.328. The molecule has 136 valence electrons. The van der Waals surface area contributed by atoms with Crippen LogP contribution in [-0.4, -0.2) is 31.3 Å². The van der Waals surface area contributed by atoms with E-state index in [0.717, 1.165) is 11.3 Å². The molecule has 0 unspecified atom stereocenters. The van der Waals surface area contributed by atoms with Gasteiger partial charge in [0.1, 0.15) is 11.3 Å². The molecule has 8 nitrogen and oxygen atoms in total. The van der Waals surface area contributed by atoms with Crippen molar-refractivity contribution in [2.75, 3.05) is 12.3 Å². The molecule has 4 rings (SSSR count). The van der Waals surface area contributed by atoms with Crippen LogP contribution in [0.1, 0.15) is 6.92 Å². The second-order valence-corrected chi connectivity index (χ2v) is 6.00. The summed E-state index contributed by atoms with van der Waals surface area (Å²) in [6.07, 6.45) is 1.50. The van der Waals surface area contributed by atoms with Gasteiger partial charge in [-0.25, -0.2) is 9.97 Å². The SMILES string of the molecule is CCOc1ncc(N)cc1-c1nc2c(-c3ccccc3)n(C)nc2c(=O)[nH]1. The molecule has 3 N–H and O–H groups in total. The molecular formula is C19H18N6O2. The standard InChI is InChI=1S/C19H18N6O2/c1-3-27-19-13(9-12(20)10-21-19)17-22-14-15(18(26)23-17)24-25(2)16(14)11-7-5-4-6-8-11/h4-10H,3,20H2,1-2H3,(H,22,23,26). The smallest absolute Gasteiger partial charge is 0.279 e. The number of aromatic amines is 1. The van der Waals surface area contributed by atoms with E-state index >= 15 is 0 Å². The molecule has 3 aromatic heterocycles. The number of nitrogens with two attached hydrogens (primary N) is 1. The Kier molecular flexibility index (Phi) is 4.08. The Morgan fingerprint density at radius 3 is 2.74 bits per heavy atom. The van der Waals surface area contributed by atoms with Crippen LogP contribution in [0.5, 0.6) is 5.88 Å². The van der Waals surface area contributed by atoms with E-state index in [0.29, 0.717) is 35.1 Å². The lowest BCUT2D eigenvalue weighted by atomic mass is 10.1. The first-order valence-corrected chi connectivity index (χ1v) is 8.49. The number of hydrogen-bond donors (Lipinski definition) is 2. The van der Waals surface area contributed by atoms with E-state index in [9.17, 15) is 4.79 Å². The summed E-state index contributed by atoms with van der Waals surface area (Å²) in [6, 6.07) is 11.4. The number of nitrogens with zero attached hydrogens (tertiary/aromatic N) is 4. The van der Waals surface area contributed by atoms with Gasteiger partial charge in [-0.2, -0.15) is 5.10 Å². The van der Waals surface area contributed by atoms with Crippen molar-refractivity contribution < 1.29 is 4.74 Å². The van der Waals surface area contributed by atoms with E-state index in [2.05, 4.69) is 20.1 Å².